The Hall–Kier alpha value is -1.95. The molecule has 6 nitrogen and oxygen atoms in total. The molecule has 1 fully saturated rings. The third-order valence-electron chi connectivity index (χ3n) is 2.54. The lowest BCUT2D eigenvalue weighted by atomic mass is 10.1. The molecule has 4 N–H and O–H groups in total. The van der Waals surface area contributed by atoms with Crippen molar-refractivity contribution in [2.75, 3.05) is 18.9 Å². The predicted molar refractivity (Wildman–Crippen MR) is 59.3 cm³/mol. The fourth-order valence-corrected chi connectivity index (χ4v) is 1.65. The summed E-state index contributed by atoms with van der Waals surface area (Å²) in [5.41, 5.74) is 5.40. The van der Waals surface area contributed by atoms with Gasteiger partial charge in [-0.25, -0.2) is 4.79 Å². The first-order valence-corrected chi connectivity index (χ1v) is 5.18. The van der Waals surface area contributed by atoms with E-state index in [1.165, 1.54) is 12.1 Å². The SMILES string of the molecule is Nc1cc(O)c(O[C@H]2CCOC2)cc1C(=O)O. The van der Waals surface area contributed by atoms with Crippen LogP contribution in [0.4, 0.5) is 5.69 Å². The van der Waals surface area contributed by atoms with Crippen molar-refractivity contribution >= 4 is 11.7 Å². The number of nitrogens with two attached hydrogens (primary N) is 1. The summed E-state index contributed by atoms with van der Waals surface area (Å²) < 4.78 is 10.6. The van der Waals surface area contributed by atoms with Gasteiger partial charge in [-0.05, 0) is 0 Å². The number of rotatable bonds is 3. The van der Waals surface area contributed by atoms with Crippen LogP contribution in [-0.2, 0) is 4.74 Å². The second kappa shape index (κ2) is 4.50. The van der Waals surface area contributed by atoms with E-state index >= 15 is 0 Å². The highest BCUT2D eigenvalue weighted by Crippen LogP contribution is 2.32. The molecule has 0 radical (unpaired) electrons. The Balaban J connectivity index is 2.26. The smallest absolute Gasteiger partial charge is 0.337 e. The number of hydrogen-bond acceptors (Lipinski definition) is 5. The number of carboxylic acid groups (broad SMARTS) is 1. The zero-order chi connectivity index (χ0) is 12.4. The van der Waals surface area contributed by atoms with E-state index in [2.05, 4.69) is 0 Å². The number of aromatic hydroxyl groups is 1. The maximum Gasteiger partial charge on any atom is 0.337 e. The Bertz CT molecular complexity index is 440. The molecule has 1 aromatic rings. The number of carbonyl (C=O) groups is 1. The topological polar surface area (TPSA) is 102 Å². The van der Waals surface area contributed by atoms with Crippen LogP contribution in [0.25, 0.3) is 0 Å². The Morgan fingerprint density at radius 2 is 2.29 bits per heavy atom. The number of anilines is 1. The van der Waals surface area contributed by atoms with Gasteiger partial charge in [-0.3, -0.25) is 0 Å². The van der Waals surface area contributed by atoms with E-state index in [9.17, 15) is 9.90 Å². The molecule has 1 aliphatic heterocycles. The number of aromatic carboxylic acids is 1. The molecule has 1 aromatic carbocycles. The molecular formula is C11H13NO5. The second-order valence-electron chi connectivity index (χ2n) is 3.82. The predicted octanol–water partition coefficient (Wildman–Crippen LogP) is 0.840. The van der Waals surface area contributed by atoms with Gasteiger partial charge in [-0.15, -0.1) is 0 Å². The van der Waals surface area contributed by atoms with E-state index < -0.39 is 5.97 Å². The van der Waals surface area contributed by atoms with Crippen LogP contribution in [-0.4, -0.2) is 35.5 Å². The van der Waals surface area contributed by atoms with Crippen LogP contribution in [0.15, 0.2) is 12.1 Å². The molecule has 6 heteroatoms. The van der Waals surface area contributed by atoms with Gasteiger partial charge in [0.2, 0.25) is 0 Å². The molecule has 0 bridgehead atoms. The molecule has 2 rings (SSSR count). The van der Waals surface area contributed by atoms with Crippen LogP contribution in [0.2, 0.25) is 0 Å². The van der Waals surface area contributed by atoms with Gasteiger partial charge < -0.3 is 25.4 Å². The van der Waals surface area contributed by atoms with Gasteiger partial charge >= 0.3 is 5.97 Å². The standard InChI is InChI=1S/C11H13NO5/c12-8-4-9(13)10(3-7(8)11(14)15)17-6-1-2-16-5-6/h3-4,6,13H,1-2,5,12H2,(H,14,15)/t6-/m0/s1. The number of benzene rings is 1. The van der Waals surface area contributed by atoms with Crippen LogP contribution < -0.4 is 10.5 Å². The van der Waals surface area contributed by atoms with Crippen LogP contribution >= 0.6 is 0 Å². The van der Waals surface area contributed by atoms with E-state index in [1.54, 1.807) is 0 Å². The first kappa shape index (κ1) is 11.5. The molecule has 17 heavy (non-hydrogen) atoms. The van der Waals surface area contributed by atoms with Gasteiger partial charge in [-0.1, -0.05) is 0 Å². The molecule has 0 spiro atoms. The quantitative estimate of drug-likeness (QED) is 0.675. The van der Waals surface area contributed by atoms with Crippen molar-refractivity contribution in [2.45, 2.75) is 12.5 Å². The molecule has 0 saturated carbocycles. The number of phenolic OH excluding ortho intramolecular Hbond substituents is 1. The summed E-state index contributed by atoms with van der Waals surface area (Å²) in [5, 5.41) is 18.5. The lowest BCUT2D eigenvalue weighted by Crippen LogP contribution is -2.16. The number of carboxylic acids is 1. The van der Waals surface area contributed by atoms with Crippen molar-refractivity contribution in [3.63, 3.8) is 0 Å². The summed E-state index contributed by atoms with van der Waals surface area (Å²) in [6, 6.07) is 2.40. The average Bonchev–Trinajstić information content (AvgIpc) is 2.74. The van der Waals surface area contributed by atoms with Gasteiger partial charge in [0, 0.05) is 18.6 Å². The Morgan fingerprint density at radius 3 is 2.88 bits per heavy atom. The third-order valence-corrected chi connectivity index (χ3v) is 2.54. The number of ether oxygens (including phenoxy) is 2. The Labute approximate surface area is 97.6 Å². The van der Waals surface area contributed by atoms with Crippen molar-refractivity contribution < 1.29 is 24.5 Å². The highest BCUT2D eigenvalue weighted by molar-refractivity contribution is 5.94. The molecule has 1 saturated heterocycles. The van der Waals surface area contributed by atoms with Crippen molar-refractivity contribution in [1.82, 2.24) is 0 Å². The molecule has 1 aliphatic rings. The molecule has 0 aliphatic carbocycles. The lowest BCUT2D eigenvalue weighted by molar-refractivity contribution is 0.0697. The van der Waals surface area contributed by atoms with Gasteiger partial charge in [0.15, 0.2) is 11.5 Å². The first-order chi connectivity index (χ1) is 8.08. The molecule has 0 amide bonds. The van der Waals surface area contributed by atoms with E-state index in [4.69, 9.17) is 20.3 Å². The molecule has 0 unspecified atom stereocenters. The van der Waals surface area contributed by atoms with E-state index in [1.807, 2.05) is 0 Å². The Morgan fingerprint density at radius 1 is 1.53 bits per heavy atom. The zero-order valence-electron chi connectivity index (χ0n) is 9.05. The summed E-state index contributed by atoms with van der Waals surface area (Å²) in [7, 11) is 0. The highest BCUT2D eigenvalue weighted by Gasteiger charge is 2.20. The van der Waals surface area contributed by atoms with Crippen molar-refractivity contribution in [3.05, 3.63) is 17.7 Å². The van der Waals surface area contributed by atoms with E-state index in [0.717, 1.165) is 0 Å². The average molecular weight is 239 g/mol. The summed E-state index contributed by atoms with van der Waals surface area (Å²) in [5.74, 6) is -1.21. The van der Waals surface area contributed by atoms with Crippen LogP contribution in [0.3, 0.4) is 0 Å². The lowest BCUT2D eigenvalue weighted by Gasteiger charge is -2.14. The summed E-state index contributed by atoms with van der Waals surface area (Å²) in [4.78, 5) is 10.9. The number of nitrogen functional groups attached to an aromatic ring is 1. The van der Waals surface area contributed by atoms with E-state index in [0.29, 0.717) is 19.6 Å². The normalized spacial score (nSPS) is 19.2. The third kappa shape index (κ3) is 2.42. The van der Waals surface area contributed by atoms with Crippen LogP contribution in [0.5, 0.6) is 11.5 Å². The Kier molecular flexibility index (Phi) is 3.06. The summed E-state index contributed by atoms with van der Waals surface area (Å²) >= 11 is 0. The number of phenols is 1. The minimum atomic E-state index is -1.16. The first-order valence-electron chi connectivity index (χ1n) is 5.18. The molecule has 0 aromatic heterocycles. The molecule has 1 heterocycles. The molecular weight excluding hydrogens is 226 g/mol. The zero-order valence-corrected chi connectivity index (χ0v) is 9.05. The van der Waals surface area contributed by atoms with Crippen molar-refractivity contribution in [2.24, 2.45) is 0 Å². The molecule has 1 atom stereocenters. The highest BCUT2D eigenvalue weighted by atomic mass is 16.5. The number of hydrogen-bond donors (Lipinski definition) is 3. The van der Waals surface area contributed by atoms with Gasteiger partial charge in [0.05, 0.1) is 24.5 Å². The van der Waals surface area contributed by atoms with Crippen molar-refractivity contribution in [1.29, 1.82) is 0 Å². The van der Waals surface area contributed by atoms with Crippen LogP contribution in [0.1, 0.15) is 16.8 Å². The molecule has 92 valence electrons. The van der Waals surface area contributed by atoms with Gasteiger partial charge in [-0.2, -0.15) is 0 Å². The maximum absolute atomic E-state index is 10.9. The second-order valence-corrected chi connectivity index (χ2v) is 3.82. The van der Waals surface area contributed by atoms with Gasteiger partial charge in [0.25, 0.3) is 0 Å². The van der Waals surface area contributed by atoms with Crippen molar-refractivity contribution in [3.8, 4) is 11.5 Å². The summed E-state index contributed by atoms with van der Waals surface area (Å²) in [6.45, 7) is 1.04. The minimum Gasteiger partial charge on any atom is -0.504 e. The largest absolute Gasteiger partial charge is 0.504 e. The fraction of sp³-hybridized carbons (Fsp3) is 0.364. The fourth-order valence-electron chi connectivity index (χ4n) is 1.65. The maximum atomic E-state index is 10.9. The minimum absolute atomic E-state index is 0.00465. The van der Waals surface area contributed by atoms with E-state index in [-0.39, 0.29) is 28.9 Å². The summed E-state index contributed by atoms with van der Waals surface area (Å²) in [6.07, 6.45) is 0.554. The van der Waals surface area contributed by atoms with Gasteiger partial charge in [0.1, 0.15) is 6.10 Å². The monoisotopic (exact) mass is 239 g/mol. The van der Waals surface area contributed by atoms with Crippen LogP contribution in [0, 0.1) is 0 Å².